The maximum Gasteiger partial charge on any atom is 0.277 e. The van der Waals surface area contributed by atoms with E-state index in [0.29, 0.717) is 47.4 Å². The van der Waals surface area contributed by atoms with E-state index in [-0.39, 0.29) is 5.56 Å². The van der Waals surface area contributed by atoms with Crippen LogP contribution >= 0.6 is 0 Å². The van der Waals surface area contributed by atoms with Crippen LogP contribution in [0.15, 0.2) is 35.3 Å². The van der Waals surface area contributed by atoms with Crippen LogP contribution in [0.3, 0.4) is 0 Å². The lowest BCUT2D eigenvalue weighted by Gasteiger charge is -2.31. The zero-order chi connectivity index (χ0) is 23.5. The third kappa shape index (κ3) is 4.27. The minimum Gasteiger partial charge on any atom is -0.341 e. The molecule has 0 unspecified atom stereocenters. The monoisotopic (exact) mass is 457 g/mol. The number of fused-ring (bicyclic) bond motifs is 1. The van der Waals surface area contributed by atoms with Crippen LogP contribution in [0.1, 0.15) is 26.2 Å². The highest BCUT2D eigenvalue weighted by atomic mass is 16.1. The van der Waals surface area contributed by atoms with E-state index in [1.165, 1.54) is 11.0 Å². The Hall–Kier alpha value is -4.40. The predicted octanol–water partition coefficient (Wildman–Crippen LogP) is 2.26. The molecular weight excluding hydrogens is 434 g/mol. The Kier molecular flexibility index (Phi) is 5.82. The lowest BCUT2D eigenvalue weighted by molar-refractivity contribution is 0.409. The van der Waals surface area contributed by atoms with Crippen LogP contribution in [0, 0.1) is 17.2 Å². The van der Waals surface area contributed by atoms with Crippen LogP contribution in [0.4, 0.5) is 17.5 Å². The van der Waals surface area contributed by atoms with Crippen molar-refractivity contribution < 1.29 is 0 Å². The van der Waals surface area contributed by atoms with E-state index < -0.39 is 0 Å². The molecule has 0 saturated carbocycles. The van der Waals surface area contributed by atoms with E-state index in [4.69, 9.17) is 10.2 Å². The summed E-state index contributed by atoms with van der Waals surface area (Å²) in [5.74, 6) is 1.89. The van der Waals surface area contributed by atoms with Crippen molar-refractivity contribution in [2.75, 3.05) is 23.3 Å². The van der Waals surface area contributed by atoms with Gasteiger partial charge in [0.25, 0.3) is 5.56 Å². The second-order valence-electron chi connectivity index (χ2n) is 8.13. The molecule has 4 heterocycles. The Labute approximate surface area is 194 Å². The van der Waals surface area contributed by atoms with Gasteiger partial charge in [-0.05, 0) is 55.2 Å². The van der Waals surface area contributed by atoms with Crippen LogP contribution in [0.25, 0.3) is 22.3 Å². The van der Waals surface area contributed by atoms with Crippen LogP contribution in [0.5, 0.6) is 0 Å². The molecule has 12 nitrogen and oxygen atoms in total. The van der Waals surface area contributed by atoms with Crippen molar-refractivity contribution in [1.29, 1.82) is 5.26 Å². The van der Waals surface area contributed by atoms with Gasteiger partial charge in [0, 0.05) is 30.8 Å². The average Bonchev–Trinajstić information content (AvgIpc) is 3.34. The number of tetrazole rings is 1. The first-order valence-corrected chi connectivity index (χ1v) is 11.2. The van der Waals surface area contributed by atoms with Gasteiger partial charge in [0.2, 0.25) is 11.8 Å². The first-order valence-electron chi connectivity index (χ1n) is 11.2. The molecule has 0 bridgehead atoms. The highest BCUT2D eigenvalue weighted by Gasteiger charge is 2.22. The van der Waals surface area contributed by atoms with Crippen LogP contribution in [-0.4, -0.2) is 53.5 Å². The lowest BCUT2D eigenvalue weighted by atomic mass is 9.94. The molecule has 0 amide bonds. The van der Waals surface area contributed by atoms with E-state index in [1.807, 2.05) is 31.2 Å². The van der Waals surface area contributed by atoms with Gasteiger partial charge in [0.15, 0.2) is 0 Å². The zero-order valence-corrected chi connectivity index (χ0v) is 18.6. The SMILES string of the molecule is CCn1nnc(-c2ccc(Nc3nc(N4CCC(CC#N)CC4)nc4cn[nH]c(=O)c34)cc2)n1. The molecule has 1 fully saturated rings. The number of aryl methyl sites for hydroxylation is 1. The molecule has 0 radical (unpaired) electrons. The van der Waals surface area contributed by atoms with Crippen molar-refractivity contribution in [3.8, 4) is 17.5 Å². The average molecular weight is 458 g/mol. The quantitative estimate of drug-likeness (QED) is 0.440. The summed E-state index contributed by atoms with van der Waals surface area (Å²) >= 11 is 0. The van der Waals surface area contributed by atoms with Gasteiger partial charge in [0.05, 0.1) is 18.8 Å². The normalized spacial score (nSPS) is 14.3. The standard InChI is InChI=1S/C22H23N11O/c1-2-33-30-19(28-31-33)15-3-5-16(6-4-15)25-20-18-17(13-24-29-21(18)34)26-22(27-20)32-11-8-14(7-10-23)9-12-32/h3-6,13-14H,2,7-9,11-12H2,1H3,(H,29,34)(H,25,26,27). The van der Waals surface area contributed by atoms with E-state index >= 15 is 0 Å². The molecule has 0 spiro atoms. The number of nitrogens with zero attached hydrogens (tertiary/aromatic N) is 9. The van der Waals surface area contributed by atoms with Gasteiger partial charge in [-0.1, -0.05) is 0 Å². The highest BCUT2D eigenvalue weighted by Crippen LogP contribution is 2.28. The molecule has 2 N–H and O–H groups in total. The Morgan fingerprint density at radius 2 is 2.00 bits per heavy atom. The third-order valence-electron chi connectivity index (χ3n) is 5.92. The smallest absolute Gasteiger partial charge is 0.277 e. The summed E-state index contributed by atoms with van der Waals surface area (Å²) < 4.78 is 0. The van der Waals surface area contributed by atoms with Gasteiger partial charge in [-0.2, -0.15) is 20.1 Å². The number of aromatic nitrogens is 8. The zero-order valence-electron chi connectivity index (χ0n) is 18.6. The predicted molar refractivity (Wildman–Crippen MR) is 125 cm³/mol. The van der Waals surface area contributed by atoms with Gasteiger partial charge in [-0.3, -0.25) is 4.79 Å². The van der Waals surface area contributed by atoms with Gasteiger partial charge < -0.3 is 10.2 Å². The number of nitrogens with one attached hydrogen (secondary N) is 2. The fourth-order valence-corrected chi connectivity index (χ4v) is 4.02. The minimum absolute atomic E-state index is 0.342. The maximum atomic E-state index is 12.6. The number of benzene rings is 1. The van der Waals surface area contributed by atoms with E-state index in [9.17, 15) is 4.79 Å². The summed E-state index contributed by atoms with van der Waals surface area (Å²) in [6, 6.07) is 9.77. The molecule has 34 heavy (non-hydrogen) atoms. The van der Waals surface area contributed by atoms with Gasteiger partial charge in [-0.15, -0.1) is 10.2 Å². The van der Waals surface area contributed by atoms with E-state index in [2.05, 4.69) is 46.9 Å². The number of hydrogen-bond donors (Lipinski definition) is 2. The maximum absolute atomic E-state index is 12.6. The summed E-state index contributed by atoms with van der Waals surface area (Å²) in [7, 11) is 0. The fourth-order valence-electron chi connectivity index (χ4n) is 4.02. The largest absolute Gasteiger partial charge is 0.341 e. The second kappa shape index (κ2) is 9.22. The highest BCUT2D eigenvalue weighted by molar-refractivity contribution is 5.90. The van der Waals surface area contributed by atoms with Crippen molar-refractivity contribution >= 4 is 28.4 Å². The number of nitriles is 1. The molecule has 3 aromatic heterocycles. The molecule has 0 aliphatic carbocycles. The summed E-state index contributed by atoms with van der Waals surface area (Å²) in [4.78, 5) is 25.5. The molecule has 5 rings (SSSR count). The molecule has 12 heteroatoms. The van der Waals surface area contributed by atoms with E-state index in [0.717, 1.165) is 37.2 Å². The van der Waals surface area contributed by atoms with Crippen molar-refractivity contribution in [1.82, 2.24) is 40.4 Å². The van der Waals surface area contributed by atoms with Crippen LogP contribution < -0.4 is 15.8 Å². The fraction of sp³-hybridized carbons (Fsp3) is 0.364. The van der Waals surface area contributed by atoms with E-state index in [1.54, 1.807) is 0 Å². The van der Waals surface area contributed by atoms with Gasteiger partial charge in [-0.25, -0.2) is 10.1 Å². The number of anilines is 3. The summed E-state index contributed by atoms with van der Waals surface area (Å²) in [6.07, 6.45) is 3.91. The number of aromatic amines is 1. The Balaban J connectivity index is 1.44. The van der Waals surface area contributed by atoms with Crippen molar-refractivity contribution in [3.63, 3.8) is 0 Å². The molecular formula is C22H23N11O. The Morgan fingerprint density at radius 1 is 1.21 bits per heavy atom. The number of piperidine rings is 1. The van der Waals surface area contributed by atoms with Gasteiger partial charge >= 0.3 is 0 Å². The molecule has 172 valence electrons. The Morgan fingerprint density at radius 3 is 2.71 bits per heavy atom. The van der Waals surface area contributed by atoms with Gasteiger partial charge in [0.1, 0.15) is 16.7 Å². The summed E-state index contributed by atoms with van der Waals surface area (Å²) in [5.41, 5.74) is 1.69. The first-order chi connectivity index (χ1) is 16.6. The summed E-state index contributed by atoms with van der Waals surface area (Å²) in [5, 5.41) is 31.3. The number of hydrogen-bond acceptors (Lipinski definition) is 10. The van der Waals surface area contributed by atoms with Crippen LogP contribution in [0.2, 0.25) is 0 Å². The van der Waals surface area contributed by atoms with Crippen LogP contribution in [-0.2, 0) is 6.54 Å². The lowest BCUT2D eigenvalue weighted by Crippen LogP contribution is -2.35. The Bertz CT molecular complexity index is 1400. The topological polar surface area (TPSA) is 154 Å². The minimum atomic E-state index is -0.365. The molecule has 4 aromatic rings. The van der Waals surface area contributed by atoms with Crippen molar-refractivity contribution in [2.45, 2.75) is 32.7 Å². The second-order valence-corrected chi connectivity index (χ2v) is 8.13. The molecule has 0 atom stereocenters. The van der Waals surface area contributed by atoms with Crippen molar-refractivity contribution in [3.05, 3.63) is 40.8 Å². The van der Waals surface area contributed by atoms with Crippen molar-refractivity contribution in [2.24, 2.45) is 5.92 Å². The summed E-state index contributed by atoms with van der Waals surface area (Å²) in [6.45, 7) is 4.11. The first kappa shape index (κ1) is 21.4. The molecule has 1 aliphatic rings. The molecule has 1 aliphatic heterocycles. The molecule has 1 saturated heterocycles. The molecule has 1 aromatic carbocycles. The third-order valence-corrected chi connectivity index (χ3v) is 5.92. The number of H-pyrrole nitrogens is 1. The number of rotatable bonds is 6.